The number of esters is 1. The lowest BCUT2D eigenvalue weighted by molar-refractivity contribution is -0.137. The Kier molecular flexibility index (Phi) is 5.66. The Morgan fingerprint density at radius 1 is 1.42 bits per heavy atom. The molecular formula is C8H18O2SSi. The molecule has 12 heavy (non-hydrogen) atoms. The third-order valence-electron chi connectivity index (χ3n) is 1.44. The van der Waals surface area contributed by atoms with Crippen molar-refractivity contribution < 1.29 is 9.53 Å². The van der Waals surface area contributed by atoms with E-state index in [4.69, 9.17) is 0 Å². The molecule has 0 spiro atoms. The van der Waals surface area contributed by atoms with Crippen LogP contribution >= 0.6 is 11.8 Å². The molecule has 0 unspecified atom stereocenters. The van der Waals surface area contributed by atoms with E-state index >= 15 is 0 Å². The van der Waals surface area contributed by atoms with Crippen molar-refractivity contribution in [3.63, 3.8) is 0 Å². The van der Waals surface area contributed by atoms with Crippen LogP contribution in [0.5, 0.6) is 0 Å². The lowest BCUT2D eigenvalue weighted by atomic mass is 10.8. The van der Waals surface area contributed by atoms with Gasteiger partial charge in [-0.05, 0) is 11.8 Å². The summed E-state index contributed by atoms with van der Waals surface area (Å²) in [6.45, 7) is 7.02. The van der Waals surface area contributed by atoms with Gasteiger partial charge in [0.05, 0.1) is 12.9 Å². The van der Waals surface area contributed by atoms with Gasteiger partial charge in [0.1, 0.15) is 0 Å². The first kappa shape index (κ1) is 12.0. The molecule has 0 aliphatic carbocycles. The highest BCUT2D eigenvalue weighted by atomic mass is 32.2. The fourth-order valence-corrected chi connectivity index (χ4v) is 4.05. The molecule has 0 radical (unpaired) electrons. The topological polar surface area (TPSA) is 26.3 Å². The van der Waals surface area contributed by atoms with Crippen molar-refractivity contribution >= 4 is 25.8 Å². The zero-order valence-corrected chi connectivity index (χ0v) is 10.2. The van der Waals surface area contributed by atoms with Crippen LogP contribution < -0.4 is 0 Å². The minimum absolute atomic E-state index is 0.115. The van der Waals surface area contributed by atoms with Gasteiger partial charge in [-0.3, -0.25) is 4.79 Å². The van der Waals surface area contributed by atoms with Crippen molar-refractivity contribution in [2.24, 2.45) is 0 Å². The molecule has 0 amide bonds. The van der Waals surface area contributed by atoms with Crippen molar-refractivity contribution in [1.29, 1.82) is 0 Å². The molecule has 0 bridgehead atoms. The summed E-state index contributed by atoms with van der Waals surface area (Å²) in [4.78, 5) is 10.7. The second kappa shape index (κ2) is 5.64. The zero-order chi connectivity index (χ0) is 9.61. The first-order valence-electron chi connectivity index (χ1n) is 4.10. The molecule has 0 aromatic heterocycles. The summed E-state index contributed by atoms with van der Waals surface area (Å²) in [5.74, 6) is 1.47. The molecule has 0 aliphatic rings. The van der Waals surface area contributed by atoms with Crippen LogP contribution in [-0.2, 0) is 9.53 Å². The standard InChI is InChI=1S/C8H18O2SSi/c1-10-8(9)7-11-5-6-12(2,3)4/h5-7H2,1-4H3. The van der Waals surface area contributed by atoms with Gasteiger partial charge in [-0.15, -0.1) is 0 Å². The average Bonchev–Trinajstić information content (AvgIpc) is 1.96. The first-order chi connectivity index (χ1) is 5.45. The predicted molar refractivity (Wildman–Crippen MR) is 57.5 cm³/mol. The molecule has 0 aromatic carbocycles. The highest BCUT2D eigenvalue weighted by Crippen LogP contribution is 2.13. The zero-order valence-electron chi connectivity index (χ0n) is 8.35. The van der Waals surface area contributed by atoms with Crippen LogP contribution in [0, 0.1) is 0 Å². The summed E-state index contributed by atoms with van der Waals surface area (Å²) in [5.41, 5.74) is 0. The van der Waals surface area contributed by atoms with Gasteiger partial charge in [-0.1, -0.05) is 19.6 Å². The lowest BCUT2D eigenvalue weighted by Gasteiger charge is -2.14. The Labute approximate surface area is 80.1 Å². The molecule has 0 atom stereocenters. The van der Waals surface area contributed by atoms with Crippen LogP contribution in [0.2, 0.25) is 25.7 Å². The Bertz CT molecular complexity index is 142. The number of ether oxygens (including phenoxy) is 1. The molecule has 0 heterocycles. The largest absolute Gasteiger partial charge is 0.468 e. The number of rotatable bonds is 5. The molecule has 0 rings (SSSR count). The normalized spacial score (nSPS) is 11.3. The smallest absolute Gasteiger partial charge is 0.315 e. The summed E-state index contributed by atoms with van der Waals surface area (Å²) in [7, 11) is 0.520. The van der Waals surface area contributed by atoms with E-state index in [9.17, 15) is 4.79 Å². The van der Waals surface area contributed by atoms with Crippen molar-refractivity contribution in [2.75, 3.05) is 18.6 Å². The third-order valence-corrected chi connectivity index (χ3v) is 4.49. The summed E-state index contributed by atoms with van der Waals surface area (Å²) in [6, 6.07) is 1.27. The molecule has 0 aromatic rings. The quantitative estimate of drug-likeness (QED) is 0.392. The Hall–Kier alpha value is 0.0369. The van der Waals surface area contributed by atoms with E-state index in [0.29, 0.717) is 5.75 Å². The summed E-state index contributed by atoms with van der Waals surface area (Å²) in [5, 5.41) is 0. The number of carbonyl (C=O) groups excluding carboxylic acids is 1. The van der Waals surface area contributed by atoms with Crippen molar-refractivity contribution in [1.82, 2.24) is 0 Å². The fourth-order valence-electron chi connectivity index (χ4n) is 0.593. The van der Waals surface area contributed by atoms with Crippen LogP contribution in [0.4, 0.5) is 0 Å². The van der Waals surface area contributed by atoms with E-state index in [1.807, 2.05) is 0 Å². The van der Waals surface area contributed by atoms with Gasteiger partial charge in [-0.25, -0.2) is 0 Å². The Morgan fingerprint density at radius 3 is 2.42 bits per heavy atom. The van der Waals surface area contributed by atoms with E-state index in [1.54, 1.807) is 11.8 Å². The van der Waals surface area contributed by atoms with Gasteiger partial charge in [0.25, 0.3) is 0 Å². The number of thioether (sulfide) groups is 1. The van der Waals surface area contributed by atoms with Crippen LogP contribution in [0.25, 0.3) is 0 Å². The minimum Gasteiger partial charge on any atom is -0.468 e. The van der Waals surface area contributed by atoms with Gasteiger partial charge >= 0.3 is 5.97 Å². The monoisotopic (exact) mass is 206 g/mol. The molecule has 72 valence electrons. The van der Waals surface area contributed by atoms with Crippen molar-refractivity contribution in [3.8, 4) is 0 Å². The molecule has 0 saturated heterocycles. The van der Waals surface area contributed by atoms with E-state index in [0.717, 1.165) is 5.75 Å². The molecule has 2 nitrogen and oxygen atoms in total. The predicted octanol–water partition coefficient (Wildman–Crippen LogP) is 2.23. The highest BCUT2D eigenvalue weighted by Gasteiger charge is 2.12. The maximum atomic E-state index is 10.7. The third kappa shape index (κ3) is 8.14. The lowest BCUT2D eigenvalue weighted by Crippen LogP contribution is -2.20. The van der Waals surface area contributed by atoms with Crippen molar-refractivity contribution in [3.05, 3.63) is 0 Å². The average molecular weight is 206 g/mol. The van der Waals surface area contributed by atoms with Gasteiger partial charge in [0.15, 0.2) is 0 Å². The molecule has 0 N–H and O–H groups in total. The minimum atomic E-state index is -0.912. The van der Waals surface area contributed by atoms with Gasteiger partial charge < -0.3 is 4.74 Å². The van der Waals surface area contributed by atoms with Crippen LogP contribution in [-0.4, -0.2) is 32.7 Å². The molecular weight excluding hydrogens is 188 g/mol. The van der Waals surface area contributed by atoms with Crippen LogP contribution in [0.15, 0.2) is 0 Å². The fraction of sp³-hybridized carbons (Fsp3) is 0.875. The van der Waals surface area contributed by atoms with E-state index in [-0.39, 0.29) is 5.97 Å². The Morgan fingerprint density at radius 2 is 2.00 bits per heavy atom. The van der Waals surface area contributed by atoms with E-state index in [2.05, 4.69) is 24.4 Å². The summed E-state index contributed by atoms with van der Waals surface area (Å²) in [6.07, 6.45) is 0. The summed E-state index contributed by atoms with van der Waals surface area (Å²) >= 11 is 1.67. The second-order valence-electron chi connectivity index (χ2n) is 3.94. The number of hydrogen-bond donors (Lipinski definition) is 0. The van der Waals surface area contributed by atoms with Gasteiger partial charge in [0, 0.05) is 8.07 Å². The highest BCUT2D eigenvalue weighted by molar-refractivity contribution is 8.00. The molecule has 4 heteroatoms. The first-order valence-corrected chi connectivity index (χ1v) is 8.96. The summed E-state index contributed by atoms with van der Waals surface area (Å²) < 4.78 is 4.53. The Balaban J connectivity index is 3.28. The molecule has 0 aliphatic heterocycles. The van der Waals surface area contributed by atoms with E-state index < -0.39 is 8.07 Å². The SMILES string of the molecule is COC(=O)CSCC[Si](C)(C)C. The number of hydrogen-bond acceptors (Lipinski definition) is 3. The maximum absolute atomic E-state index is 10.7. The second-order valence-corrected chi connectivity index (χ2v) is 10.7. The van der Waals surface area contributed by atoms with Crippen LogP contribution in [0.1, 0.15) is 0 Å². The van der Waals surface area contributed by atoms with Gasteiger partial charge in [-0.2, -0.15) is 11.8 Å². The van der Waals surface area contributed by atoms with Gasteiger partial charge in [0.2, 0.25) is 0 Å². The van der Waals surface area contributed by atoms with Crippen molar-refractivity contribution in [2.45, 2.75) is 25.7 Å². The maximum Gasteiger partial charge on any atom is 0.315 e. The number of methoxy groups -OCH3 is 1. The molecule has 0 saturated carbocycles. The number of carbonyl (C=O) groups is 1. The van der Waals surface area contributed by atoms with Crippen LogP contribution in [0.3, 0.4) is 0 Å². The van der Waals surface area contributed by atoms with E-state index in [1.165, 1.54) is 13.2 Å². The molecule has 0 fully saturated rings.